The molecule has 194 valence electrons. The summed E-state index contributed by atoms with van der Waals surface area (Å²) in [7, 11) is -3.86. The van der Waals surface area contributed by atoms with Gasteiger partial charge in [-0.2, -0.15) is 0 Å². The first-order chi connectivity index (χ1) is 17.0. The SMILES string of the molecule is CC(=O)c1cccc(N(CC(=O)N(Cc2ccc(Br)cc2)C(C)C(=O)NC2CCCC2)S(C)(=O)=O)c1. The molecule has 8 nitrogen and oxygen atoms in total. The van der Waals surface area contributed by atoms with Crippen molar-refractivity contribution in [2.24, 2.45) is 0 Å². The molecule has 1 N–H and O–H groups in total. The van der Waals surface area contributed by atoms with E-state index >= 15 is 0 Å². The number of ketones is 1. The first-order valence-electron chi connectivity index (χ1n) is 11.9. The minimum absolute atomic E-state index is 0.0893. The molecule has 1 unspecified atom stereocenters. The predicted octanol–water partition coefficient (Wildman–Crippen LogP) is 3.89. The Hall–Kier alpha value is -2.72. The van der Waals surface area contributed by atoms with Gasteiger partial charge in [-0.25, -0.2) is 8.42 Å². The molecular formula is C26H32BrN3O5S. The Morgan fingerprint density at radius 1 is 1.08 bits per heavy atom. The zero-order valence-corrected chi connectivity index (χ0v) is 23.1. The van der Waals surface area contributed by atoms with Gasteiger partial charge in [0.25, 0.3) is 0 Å². The van der Waals surface area contributed by atoms with Crippen molar-refractivity contribution in [3.63, 3.8) is 0 Å². The third-order valence-corrected chi connectivity index (χ3v) is 8.02. The number of halogens is 1. The van der Waals surface area contributed by atoms with Crippen LogP contribution in [0.2, 0.25) is 0 Å². The lowest BCUT2D eigenvalue weighted by atomic mass is 10.1. The van der Waals surface area contributed by atoms with Crippen LogP contribution in [0.3, 0.4) is 0 Å². The second kappa shape index (κ2) is 12.0. The molecule has 0 aliphatic heterocycles. The molecule has 0 radical (unpaired) electrons. The fourth-order valence-corrected chi connectivity index (χ4v) is 5.36. The van der Waals surface area contributed by atoms with E-state index in [0.717, 1.165) is 46.3 Å². The molecule has 1 aliphatic carbocycles. The van der Waals surface area contributed by atoms with E-state index in [0.29, 0.717) is 5.56 Å². The molecule has 2 aromatic carbocycles. The fourth-order valence-electron chi connectivity index (χ4n) is 4.25. The van der Waals surface area contributed by atoms with E-state index in [2.05, 4.69) is 21.2 Å². The van der Waals surface area contributed by atoms with Crippen LogP contribution >= 0.6 is 15.9 Å². The van der Waals surface area contributed by atoms with Crippen LogP contribution in [0.5, 0.6) is 0 Å². The van der Waals surface area contributed by atoms with Crippen molar-refractivity contribution in [1.82, 2.24) is 10.2 Å². The summed E-state index contributed by atoms with van der Waals surface area (Å²) >= 11 is 3.40. The number of carbonyl (C=O) groups is 3. The maximum absolute atomic E-state index is 13.6. The molecule has 3 rings (SSSR count). The first-order valence-corrected chi connectivity index (χ1v) is 14.5. The number of benzene rings is 2. The highest BCUT2D eigenvalue weighted by molar-refractivity contribution is 9.10. The molecule has 36 heavy (non-hydrogen) atoms. The van der Waals surface area contributed by atoms with Gasteiger partial charge in [0.1, 0.15) is 12.6 Å². The van der Waals surface area contributed by atoms with Crippen LogP contribution < -0.4 is 9.62 Å². The molecule has 1 saturated carbocycles. The molecule has 2 amide bonds. The Morgan fingerprint density at radius 2 is 1.72 bits per heavy atom. The Morgan fingerprint density at radius 3 is 2.31 bits per heavy atom. The highest BCUT2D eigenvalue weighted by Crippen LogP contribution is 2.22. The van der Waals surface area contributed by atoms with Crippen LogP contribution in [-0.2, 0) is 26.2 Å². The van der Waals surface area contributed by atoms with Crippen LogP contribution in [0.15, 0.2) is 53.0 Å². The molecule has 0 bridgehead atoms. The Labute approximate surface area is 221 Å². The number of rotatable bonds is 10. The van der Waals surface area contributed by atoms with Crippen LogP contribution in [-0.4, -0.2) is 55.8 Å². The van der Waals surface area contributed by atoms with Gasteiger partial charge in [-0.15, -0.1) is 0 Å². The van der Waals surface area contributed by atoms with E-state index in [4.69, 9.17) is 0 Å². The monoisotopic (exact) mass is 577 g/mol. The molecule has 1 fully saturated rings. The summed E-state index contributed by atoms with van der Waals surface area (Å²) in [6.07, 6.45) is 4.95. The number of carbonyl (C=O) groups excluding carboxylic acids is 3. The standard InChI is InChI=1S/C26H32BrN3O5S/c1-18(26(33)28-23-8-4-5-9-23)29(16-20-11-13-22(27)14-12-20)25(32)17-30(36(3,34)35)24-10-6-7-21(15-24)19(2)31/h6-7,10-15,18,23H,4-5,8-9,16-17H2,1-3H3,(H,28,33). The lowest BCUT2D eigenvalue weighted by Gasteiger charge is -2.32. The van der Waals surface area contributed by atoms with Crippen LogP contribution in [0.1, 0.15) is 55.5 Å². The van der Waals surface area contributed by atoms with Gasteiger partial charge in [0.15, 0.2) is 5.78 Å². The summed E-state index contributed by atoms with van der Waals surface area (Å²) in [6.45, 7) is 2.68. The lowest BCUT2D eigenvalue weighted by molar-refractivity contribution is -0.139. The van der Waals surface area contributed by atoms with Crippen molar-refractivity contribution in [3.8, 4) is 0 Å². The predicted molar refractivity (Wildman–Crippen MR) is 143 cm³/mol. The number of sulfonamides is 1. The Kier molecular flexibility index (Phi) is 9.30. The summed E-state index contributed by atoms with van der Waals surface area (Å²) in [5.41, 5.74) is 1.35. The smallest absolute Gasteiger partial charge is 0.244 e. The van der Waals surface area contributed by atoms with E-state index in [-0.39, 0.29) is 30.0 Å². The molecule has 0 spiro atoms. The maximum Gasteiger partial charge on any atom is 0.244 e. The van der Waals surface area contributed by atoms with E-state index in [9.17, 15) is 22.8 Å². The van der Waals surface area contributed by atoms with Crippen molar-refractivity contribution in [3.05, 3.63) is 64.1 Å². The highest BCUT2D eigenvalue weighted by atomic mass is 79.9. The van der Waals surface area contributed by atoms with Gasteiger partial charge in [0.05, 0.1) is 11.9 Å². The van der Waals surface area contributed by atoms with Crippen molar-refractivity contribution in [2.75, 3.05) is 17.1 Å². The second-order valence-corrected chi connectivity index (χ2v) is 12.0. The quantitative estimate of drug-likeness (QED) is 0.431. The summed E-state index contributed by atoms with van der Waals surface area (Å²) in [6, 6.07) is 12.8. The topological polar surface area (TPSA) is 104 Å². The summed E-state index contributed by atoms with van der Waals surface area (Å²) < 4.78 is 27.2. The maximum atomic E-state index is 13.6. The van der Waals surface area contributed by atoms with Gasteiger partial charge < -0.3 is 10.2 Å². The second-order valence-electron chi connectivity index (χ2n) is 9.19. The molecule has 2 aromatic rings. The molecule has 10 heteroatoms. The third-order valence-electron chi connectivity index (χ3n) is 6.35. The first kappa shape index (κ1) is 27.9. The number of hydrogen-bond donors (Lipinski definition) is 1. The lowest BCUT2D eigenvalue weighted by Crippen LogP contribution is -2.52. The molecule has 1 atom stereocenters. The average molecular weight is 579 g/mol. The minimum atomic E-state index is -3.86. The van der Waals surface area contributed by atoms with Crippen molar-refractivity contribution < 1.29 is 22.8 Å². The number of Topliss-reactive ketones (excluding diaryl/α,β-unsaturated/α-hetero) is 1. The Bertz CT molecular complexity index is 1210. The van der Waals surface area contributed by atoms with Crippen molar-refractivity contribution in [1.29, 1.82) is 0 Å². The van der Waals surface area contributed by atoms with Gasteiger partial charge in [-0.05, 0) is 56.5 Å². The largest absolute Gasteiger partial charge is 0.352 e. The van der Waals surface area contributed by atoms with E-state index in [1.165, 1.54) is 24.0 Å². The van der Waals surface area contributed by atoms with Crippen LogP contribution in [0, 0.1) is 0 Å². The molecular weight excluding hydrogens is 546 g/mol. The molecule has 0 heterocycles. The zero-order valence-electron chi connectivity index (χ0n) is 20.7. The fraction of sp³-hybridized carbons (Fsp3) is 0.423. The van der Waals surface area contributed by atoms with Crippen molar-refractivity contribution in [2.45, 2.75) is 58.2 Å². The number of nitrogens with one attached hydrogen (secondary N) is 1. The normalized spacial score (nSPS) is 14.8. The van der Waals surface area contributed by atoms with E-state index in [1.807, 2.05) is 24.3 Å². The summed E-state index contributed by atoms with van der Waals surface area (Å²) in [5.74, 6) is -1.01. The summed E-state index contributed by atoms with van der Waals surface area (Å²) in [4.78, 5) is 39.9. The van der Waals surface area contributed by atoms with E-state index < -0.39 is 28.5 Å². The third kappa shape index (κ3) is 7.39. The molecule has 0 aromatic heterocycles. The van der Waals surface area contributed by atoms with Crippen molar-refractivity contribution >= 4 is 49.2 Å². The Balaban J connectivity index is 1.90. The van der Waals surface area contributed by atoms with Crippen LogP contribution in [0.25, 0.3) is 0 Å². The molecule has 1 aliphatic rings. The molecule has 0 saturated heterocycles. The number of hydrogen-bond acceptors (Lipinski definition) is 5. The highest BCUT2D eigenvalue weighted by Gasteiger charge is 2.31. The van der Waals surface area contributed by atoms with Gasteiger partial charge in [0, 0.05) is 22.6 Å². The number of amides is 2. The number of anilines is 1. The van der Waals surface area contributed by atoms with Gasteiger partial charge in [0.2, 0.25) is 21.8 Å². The van der Waals surface area contributed by atoms with Gasteiger partial charge in [-0.1, -0.05) is 53.0 Å². The summed E-state index contributed by atoms with van der Waals surface area (Å²) in [5, 5.41) is 3.03. The van der Waals surface area contributed by atoms with Gasteiger partial charge in [-0.3, -0.25) is 18.7 Å². The van der Waals surface area contributed by atoms with E-state index in [1.54, 1.807) is 19.1 Å². The average Bonchev–Trinajstić information content (AvgIpc) is 3.34. The minimum Gasteiger partial charge on any atom is -0.352 e. The van der Waals surface area contributed by atoms with Crippen LogP contribution in [0.4, 0.5) is 5.69 Å². The number of nitrogens with zero attached hydrogens (tertiary/aromatic N) is 2. The van der Waals surface area contributed by atoms with Gasteiger partial charge >= 0.3 is 0 Å². The zero-order chi connectivity index (χ0) is 26.5.